The Morgan fingerprint density at radius 2 is 2.00 bits per heavy atom. The van der Waals surface area contributed by atoms with Crippen LogP contribution in [-0.4, -0.2) is 25.7 Å². The van der Waals surface area contributed by atoms with Gasteiger partial charge in [0, 0.05) is 12.0 Å². The van der Waals surface area contributed by atoms with E-state index < -0.39 is 0 Å². The zero-order valence-electron chi connectivity index (χ0n) is 13.8. The Morgan fingerprint density at radius 3 is 2.65 bits per heavy atom. The first-order chi connectivity index (χ1) is 10.7. The Labute approximate surface area is 144 Å². The van der Waals surface area contributed by atoms with Crippen molar-refractivity contribution in [1.82, 2.24) is 0 Å². The minimum Gasteiger partial charge on any atom is -0.494 e. The van der Waals surface area contributed by atoms with Crippen molar-refractivity contribution in [3.8, 4) is 11.5 Å². The zero-order chi connectivity index (χ0) is 15.9. The lowest BCUT2D eigenvalue weighted by Gasteiger charge is -2.19. The van der Waals surface area contributed by atoms with Crippen molar-refractivity contribution in [2.24, 2.45) is 17.6 Å². The van der Waals surface area contributed by atoms with Crippen molar-refractivity contribution in [3.63, 3.8) is 0 Å². The van der Waals surface area contributed by atoms with Gasteiger partial charge in [-0.3, -0.25) is 4.79 Å². The van der Waals surface area contributed by atoms with Crippen LogP contribution in [0.3, 0.4) is 0 Å². The van der Waals surface area contributed by atoms with Gasteiger partial charge in [0.15, 0.2) is 0 Å². The van der Waals surface area contributed by atoms with Crippen LogP contribution in [0.25, 0.3) is 0 Å². The number of rotatable bonds is 7. The maximum Gasteiger partial charge on any atom is 0.227 e. The molecule has 2 atom stereocenters. The zero-order valence-corrected chi connectivity index (χ0v) is 14.7. The van der Waals surface area contributed by atoms with Crippen molar-refractivity contribution in [1.29, 1.82) is 0 Å². The number of ether oxygens (including phenoxy) is 2. The molecule has 130 valence electrons. The minimum absolute atomic E-state index is 0. The van der Waals surface area contributed by atoms with Gasteiger partial charge in [-0.2, -0.15) is 0 Å². The average Bonchev–Trinajstić information content (AvgIpc) is 2.99. The van der Waals surface area contributed by atoms with Crippen molar-refractivity contribution in [2.75, 3.05) is 25.1 Å². The molecule has 1 aliphatic rings. The van der Waals surface area contributed by atoms with E-state index in [1.807, 2.05) is 32.0 Å². The molecule has 1 aromatic rings. The molecule has 0 aromatic heterocycles. The fraction of sp³-hybridized carbons (Fsp3) is 0.588. The molecule has 1 aliphatic carbocycles. The Kier molecular flexibility index (Phi) is 8.20. The second-order valence-corrected chi connectivity index (χ2v) is 5.55. The molecule has 5 nitrogen and oxygen atoms in total. The summed E-state index contributed by atoms with van der Waals surface area (Å²) in [4.78, 5) is 12.5. The summed E-state index contributed by atoms with van der Waals surface area (Å²) in [6.45, 7) is 5.54. The maximum atomic E-state index is 12.5. The lowest BCUT2D eigenvalue weighted by atomic mass is 9.95. The second kappa shape index (κ2) is 9.63. The largest absolute Gasteiger partial charge is 0.494 e. The third-order valence-electron chi connectivity index (χ3n) is 4.12. The van der Waals surface area contributed by atoms with E-state index in [1.165, 1.54) is 0 Å². The molecule has 0 bridgehead atoms. The summed E-state index contributed by atoms with van der Waals surface area (Å²) in [5, 5.41) is 3.00. The van der Waals surface area contributed by atoms with E-state index in [0.717, 1.165) is 25.0 Å². The molecule has 6 heteroatoms. The normalized spacial score (nSPS) is 19.8. The van der Waals surface area contributed by atoms with Crippen LogP contribution in [0, 0.1) is 11.8 Å². The number of amides is 1. The molecule has 1 fully saturated rings. The lowest BCUT2D eigenvalue weighted by molar-refractivity contribution is -0.120. The number of nitrogens with one attached hydrogen (secondary N) is 1. The summed E-state index contributed by atoms with van der Waals surface area (Å²) in [6.07, 6.45) is 3.01. The average molecular weight is 343 g/mol. The van der Waals surface area contributed by atoms with Crippen LogP contribution >= 0.6 is 12.4 Å². The Morgan fingerprint density at radius 1 is 1.26 bits per heavy atom. The van der Waals surface area contributed by atoms with Crippen LogP contribution in [0.2, 0.25) is 0 Å². The molecular weight excluding hydrogens is 316 g/mol. The smallest absolute Gasteiger partial charge is 0.227 e. The number of nitrogens with two attached hydrogens (primary N) is 1. The number of benzene rings is 1. The molecule has 3 N–H and O–H groups in total. The van der Waals surface area contributed by atoms with Crippen molar-refractivity contribution < 1.29 is 14.3 Å². The summed E-state index contributed by atoms with van der Waals surface area (Å²) in [6, 6.07) is 5.50. The Bertz CT molecular complexity index is 511. The molecule has 0 saturated heterocycles. The molecule has 0 heterocycles. The fourth-order valence-electron chi connectivity index (χ4n) is 3.03. The van der Waals surface area contributed by atoms with E-state index in [-0.39, 0.29) is 30.2 Å². The topological polar surface area (TPSA) is 73.6 Å². The summed E-state index contributed by atoms with van der Waals surface area (Å²) in [5.41, 5.74) is 6.44. The second-order valence-electron chi connectivity index (χ2n) is 5.55. The van der Waals surface area contributed by atoms with E-state index in [2.05, 4.69) is 5.32 Å². The minimum atomic E-state index is -0.00442. The van der Waals surface area contributed by atoms with Gasteiger partial charge in [0.1, 0.15) is 11.5 Å². The molecule has 0 aliphatic heterocycles. The summed E-state index contributed by atoms with van der Waals surface area (Å²) in [7, 11) is 0. The molecule has 2 rings (SSSR count). The maximum absolute atomic E-state index is 12.5. The van der Waals surface area contributed by atoms with Crippen LogP contribution in [0.5, 0.6) is 11.5 Å². The van der Waals surface area contributed by atoms with Gasteiger partial charge in [-0.05, 0) is 51.3 Å². The third-order valence-corrected chi connectivity index (χ3v) is 4.12. The van der Waals surface area contributed by atoms with Crippen LogP contribution < -0.4 is 20.5 Å². The van der Waals surface area contributed by atoms with E-state index in [1.54, 1.807) is 0 Å². The van der Waals surface area contributed by atoms with Crippen molar-refractivity contribution in [2.45, 2.75) is 33.1 Å². The highest BCUT2D eigenvalue weighted by molar-refractivity contribution is 5.94. The van der Waals surface area contributed by atoms with Gasteiger partial charge in [0.25, 0.3) is 0 Å². The van der Waals surface area contributed by atoms with E-state index >= 15 is 0 Å². The molecule has 1 saturated carbocycles. The first kappa shape index (κ1) is 19.6. The summed E-state index contributed by atoms with van der Waals surface area (Å²) < 4.78 is 11.1. The molecular formula is C17H27ClN2O3. The molecule has 0 spiro atoms. The van der Waals surface area contributed by atoms with Crippen LogP contribution in [0.1, 0.15) is 33.1 Å². The van der Waals surface area contributed by atoms with Crippen LogP contribution in [0.15, 0.2) is 18.2 Å². The quantitative estimate of drug-likeness (QED) is 0.798. The van der Waals surface area contributed by atoms with E-state index in [4.69, 9.17) is 15.2 Å². The molecule has 1 aromatic carbocycles. The molecule has 0 radical (unpaired) electrons. The predicted molar refractivity (Wildman–Crippen MR) is 94.5 cm³/mol. The van der Waals surface area contributed by atoms with Crippen molar-refractivity contribution in [3.05, 3.63) is 18.2 Å². The van der Waals surface area contributed by atoms with E-state index in [9.17, 15) is 4.79 Å². The number of hydrogen-bond acceptors (Lipinski definition) is 4. The Balaban J connectivity index is 0.00000264. The van der Waals surface area contributed by atoms with Gasteiger partial charge in [0.2, 0.25) is 5.91 Å². The van der Waals surface area contributed by atoms with Gasteiger partial charge in [-0.25, -0.2) is 0 Å². The highest BCUT2D eigenvalue weighted by atomic mass is 35.5. The number of anilines is 1. The number of hydrogen-bond donors (Lipinski definition) is 2. The van der Waals surface area contributed by atoms with Gasteiger partial charge in [0.05, 0.1) is 18.9 Å². The highest BCUT2D eigenvalue weighted by Gasteiger charge is 2.32. The molecule has 1 amide bonds. The molecule has 23 heavy (non-hydrogen) atoms. The van der Waals surface area contributed by atoms with E-state index in [0.29, 0.717) is 31.2 Å². The predicted octanol–water partition coefficient (Wildman–Crippen LogP) is 3.22. The number of carbonyl (C=O) groups excluding carboxylic acids is 1. The monoisotopic (exact) mass is 342 g/mol. The number of carbonyl (C=O) groups is 1. The standard InChI is InChI=1S/C17H26N2O3.ClH/c1-3-21-13-8-9-16(22-4-2)15(10-13)19-17(20)14-7-5-6-12(14)11-18;/h8-10,12,14H,3-7,11,18H2,1-2H3,(H,19,20);1H/t12-,14-;/m1./s1. The first-order valence-corrected chi connectivity index (χ1v) is 8.10. The first-order valence-electron chi connectivity index (χ1n) is 8.10. The van der Waals surface area contributed by atoms with Crippen molar-refractivity contribution >= 4 is 24.0 Å². The van der Waals surface area contributed by atoms with Gasteiger partial charge < -0.3 is 20.5 Å². The van der Waals surface area contributed by atoms with Gasteiger partial charge in [-0.1, -0.05) is 6.42 Å². The molecule has 0 unspecified atom stereocenters. The summed E-state index contributed by atoms with van der Waals surface area (Å²) >= 11 is 0. The van der Waals surface area contributed by atoms with Gasteiger partial charge >= 0.3 is 0 Å². The highest BCUT2D eigenvalue weighted by Crippen LogP contribution is 2.34. The van der Waals surface area contributed by atoms with Crippen LogP contribution in [-0.2, 0) is 4.79 Å². The Hall–Kier alpha value is -1.46. The third kappa shape index (κ3) is 5.01. The fourth-order valence-corrected chi connectivity index (χ4v) is 3.03. The number of halogens is 1. The lowest BCUT2D eigenvalue weighted by Crippen LogP contribution is -2.29. The summed E-state index contributed by atoms with van der Waals surface area (Å²) in [5.74, 6) is 1.70. The SMILES string of the molecule is CCOc1ccc(OCC)c(NC(=O)[C@@H]2CCC[C@@H]2CN)c1.Cl. The van der Waals surface area contributed by atoms with Gasteiger partial charge in [-0.15, -0.1) is 12.4 Å². The van der Waals surface area contributed by atoms with Crippen LogP contribution in [0.4, 0.5) is 5.69 Å².